The summed E-state index contributed by atoms with van der Waals surface area (Å²) in [5.74, 6) is 0. The molecule has 0 aliphatic heterocycles. The van der Waals surface area contributed by atoms with E-state index in [2.05, 4.69) is 25.0 Å². The van der Waals surface area contributed by atoms with Crippen molar-refractivity contribution in [3.8, 4) is 0 Å². The zero-order valence-corrected chi connectivity index (χ0v) is 9.01. The molecule has 13 heavy (non-hydrogen) atoms. The molecule has 0 saturated carbocycles. The van der Waals surface area contributed by atoms with Gasteiger partial charge in [0.05, 0.1) is 5.69 Å². The van der Waals surface area contributed by atoms with Gasteiger partial charge in [0.1, 0.15) is 0 Å². The molecule has 0 aromatic carbocycles. The minimum atomic E-state index is 1.13. The third-order valence-corrected chi connectivity index (χ3v) is 2.39. The molecule has 1 rings (SSSR count). The van der Waals surface area contributed by atoms with E-state index in [0.29, 0.717) is 0 Å². The summed E-state index contributed by atoms with van der Waals surface area (Å²) in [5, 5.41) is 4.33. The minimum absolute atomic E-state index is 1.13. The van der Waals surface area contributed by atoms with E-state index in [-0.39, 0.29) is 0 Å². The van der Waals surface area contributed by atoms with Gasteiger partial charge in [0.2, 0.25) is 0 Å². The highest BCUT2D eigenvalue weighted by atomic mass is 15.3. The van der Waals surface area contributed by atoms with Crippen molar-refractivity contribution in [1.82, 2.24) is 9.78 Å². The van der Waals surface area contributed by atoms with Gasteiger partial charge in [0.25, 0.3) is 0 Å². The first-order valence-corrected chi connectivity index (χ1v) is 5.23. The van der Waals surface area contributed by atoms with Crippen LogP contribution >= 0.6 is 0 Å². The van der Waals surface area contributed by atoms with Gasteiger partial charge in [0, 0.05) is 12.7 Å². The molecule has 1 aromatic rings. The highest BCUT2D eigenvalue weighted by molar-refractivity contribution is 5.08. The van der Waals surface area contributed by atoms with Crippen LogP contribution in [0.4, 0.5) is 0 Å². The van der Waals surface area contributed by atoms with Crippen LogP contribution < -0.4 is 0 Å². The summed E-state index contributed by atoms with van der Waals surface area (Å²) in [6.45, 7) is 4.30. The van der Waals surface area contributed by atoms with Crippen LogP contribution in [0, 0.1) is 6.92 Å². The fraction of sp³-hybridized carbons (Fsp3) is 0.727. The van der Waals surface area contributed by atoms with E-state index in [4.69, 9.17) is 0 Å². The smallest absolute Gasteiger partial charge is 0.0596 e. The molecule has 1 heterocycles. The molecule has 0 aliphatic rings. The molecule has 1 aromatic heterocycles. The van der Waals surface area contributed by atoms with Crippen LogP contribution in [0.3, 0.4) is 0 Å². The van der Waals surface area contributed by atoms with Gasteiger partial charge < -0.3 is 0 Å². The normalized spacial score (nSPS) is 10.7. The molecule has 0 saturated heterocycles. The van der Waals surface area contributed by atoms with Crippen LogP contribution in [-0.4, -0.2) is 9.78 Å². The third kappa shape index (κ3) is 3.21. The van der Waals surface area contributed by atoms with Crippen LogP contribution in [0.5, 0.6) is 0 Å². The van der Waals surface area contributed by atoms with E-state index in [1.807, 2.05) is 11.7 Å². The standard InChI is InChI=1S/C11H20N2/c1-4-5-6-7-8-11-9-10(2)12-13(11)3/h9H,4-8H2,1-3H3. The van der Waals surface area contributed by atoms with Crippen LogP contribution in [0.15, 0.2) is 6.07 Å². The number of aromatic nitrogens is 2. The van der Waals surface area contributed by atoms with Gasteiger partial charge in [-0.3, -0.25) is 4.68 Å². The summed E-state index contributed by atoms with van der Waals surface area (Å²) in [4.78, 5) is 0. The molecular weight excluding hydrogens is 160 g/mol. The predicted octanol–water partition coefficient (Wildman–Crippen LogP) is 2.85. The lowest BCUT2D eigenvalue weighted by atomic mass is 10.1. The topological polar surface area (TPSA) is 17.8 Å². The quantitative estimate of drug-likeness (QED) is 0.637. The Balaban J connectivity index is 2.32. The molecule has 0 N–H and O–H groups in total. The van der Waals surface area contributed by atoms with E-state index in [1.54, 1.807) is 0 Å². The fourth-order valence-electron chi connectivity index (χ4n) is 1.63. The summed E-state index contributed by atoms with van der Waals surface area (Å²) in [5.41, 5.74) is 2.50. The van der Waals surface area contributed by atoms with Crippen LogP contribution in [0.2, 0.25) is 0 Å². The minimum Gasteiger partial charge on any atom is -0.272 e. The Morgan fingerprint density at radius 3 is 2.62 bits per heavy atom. The molecule has 0 amide bonds. The molecule has 0 spiro atoms. The average Bonchev–Trinajstić information content (AvgIpc) is 2.39. The lowest BCUT2D eigenvalue weighted by molar-refractivity contribution is 0.629. The number of hydrogen-bond donors (Lipinski definition) is 0. The lowest BCUT2D eigenvalue weighted by Crippen LogP contribution is -1.97. The molecular formula is C11H20N2. The Morgan fingerprint density at radius 1 is 1.31 bits per heavy atom. The maximum absolute atomic E-state index is 4.33. The van der Waals surface area contributed by atoms with Crippen LogP contribution in [-0.2, 0) is 13.5 Å². The van der Waals surface area contributed by atoms with Gasteiger partial charge in [-0.2, -0.15) is 5.10 Å². The fourth-order valence-corrected chi connectivity index (χ4v) is 1.63. The molecule has 0 radical (unpaired) electrons. The molecule has 0 atom stereocenters. The van der Waals surface area contributed by atoms with Crippen molar-refractivity contribution in [2.24, 2.45) is 7.05 Å². The summed E-state index contributed by atoms with van der Waals surface area (Å²) in [6.07, 6.45) is 6.49. The van der Waals surface area contributed by atoms with E-state index < -0.39 is 0 Å². The van der Waals surface area contributed by atoms with Gasteiger partial charge >= 0.3 is 0 Å². The number of hydrogen-bond acceptors (Lipinski definition) is 1. The van der Waals surface area contributed by atoms with Crippen molar-refractivity contribution in [3.05, 3.63) is 17.5 Å². The van der Waals surface area contributed by atoms with E-state index >= 15 is 0 Å². The number of aryl methyl sites for hydroxylation is 3. The summed E-state index contributed by atoms with van der Waals surface area (Å²) in [7, 11) is 2.03. The molecule has 0 bridgehead atoms. The number of rotatable bonds is 5. The van der Waals surface area contributed by atoms with Crippen LogP contribution in [0.1, 0.15) is 44.0 Å². The zero-order valence-electron chi connectivity index (χ0n) is 9.01. The van der Waals surface area contributed by atoms with Gasteiger partial charge in [0.15, 0.2) is 0 Å². The largest absolute Gasteiger partial charge is 0.272 e. The maximum atomic E-state index is 4.33. The predicted molar refractivity (Wildman–Crippen MR) is 55.8 cm³/mol. The number of unbranched alkanes of at least 4 members (excludes halogenated alkanes) is 3. The van der Waals surface area contributed by atoms with E-state index in [9.17, 15) is 0 Å². The maximum Gasteiger partial charge on any atom is 0.0596 e. The molecule has 2 heteroatoms. The highest BCUT2D eigenvalue weighted by Crippen LogP contribution is 2.08. The Labute approximate surface area is 81.0 Å². The Bertz CT molecular complexity index is 251. The first kappa shape index (κ1) is 10.3. The summed E-state index contributed by atoms with van der Waals surface area (Å²) in [6, 6.07) is 2.19. The van der Waals surface area contributed by atoms with Crippen molar-refractivity contribution in [2.75, 3.05) is 0 Å². The van der Waals surface area contributed by atoms with Crippen molar-refractivity contribution in [3.63, 3.8) is 0 Å². The van der Waals surface area contributed by atoms with Gasteiger partial charge in [-0.25, -0.2) is 0 Å². The first-order chi connectivity index (χ1) is 6.24. The molecule has 2 nitrogen and oxygen atoms in total. The van der Waals surface area contributed by atoms with Gasteiger partial charge in [-0.15, -0.1) is 0 Å². The number of nitrogens with zero attached hydrogens (tertiary/aromatic N) is 2. The van der Waals surface area contributed by atoms with Crippen LogP contribution in [0.25, 0.3) is 0 Å². The lowest BCUT2D eigenvalue weighted by Gasteiger charge is -2.00. The van der Waals surface area contributed by atoms with E-state index in [0.717, 1.165) is 5.69 Å². The van der Waals surface area contributed by atoms with Crippen molar-refractivity contribution in [1.29, 1.82) is 0 Å². The van der Waals surface area contributed by atoms with Crippen molar-refractivity contribution in [2.45, 2.75) is 46.0 Å². The van der Waals surface area contributed by atoms with Gasteiger partial charge in [-0.1, -0.05) is 26.2 Å². The molecule has 74 valence electrons. The van der Waals surface area contributed by atoms with Crippen molar-refractivity contribution >= 4 is 0 Å². The van der Waals surface area contributed by atoms with Crippen molar-refractivity contribution < 1.29 is 0 Å². The molecule has 0 aliphatic carbocycles. The second-order valence-electron chi connectivity index (χ2n) is 3.71. The Morgan fingerprint density at radius 2 is 2.08 bits per heavy atom. The monoisotopic (exact) mass is 180 g/mol. The Hall–Kier alpha value is -0.790. The SMILES string of the molecule is CCCCCCc1cc(C)nn1C. The van der Waals surface area contributed by atoms with E-state index in [1.165, 1.54) is 37.8 Å². The second-order valence-corrected chi connectivity index (χ2v) is 3.71. The molecule has 0 unspecified atom stereocenters. The average molecular weight is 180 g/mol. The Kier molecular flexibility index (Phi) is 4.00. The second kappa shape index (κ2) is 5.05. The zero-order chi connectivity index (χ0) is 9.68. The molecule has 0 fully saturated rings. The highest BCUT2D eigenvalue weighted by Gasteiger charge is 2.00. The summed E-state index contributed by atoms with van der Waals surface area (Å²) < 4.78 is 2.00. The van der Waals surface area contributed by atoms with Gasteiger partial charge in [-0.05, 0) is 25.8 Å². The summed E-state index contributed by atoms with van der Waals surface area (Å²) >= 11 is 0. The third-order valence-electron chi connectivity index (χ3n) is 2.39. The first-order valence-electron chi connectivity index (χ1n) is 5.23.